The molecule has 0 aliphatic rings. The van der Waals surface area contributed by atoms with Crippen LogP contribution in [0.5, 0.6) is 5.75 Å². The van der Waals surface area contributed by atoms with Gasteiger partial charge in [0.1, 0.15) is 11.4 Å². The minimum atomic E-state index is -0.0943. The van der Waals surface area contributed by atoms with Crippen LogP contribution in [0.15, 0.2) is 48.1 Å². The van der Waals surface area contributed by atoms with Crippen molar-refractivity contribution >= 4 is 30.1 Å². The molecule has 0 aliphatic carbocycles. The van der Waals surface area contributed by atoms with Crippen LogP contribution in [0.2, 0.25) is 5.82 Å². The molecule has 4 aromatic rings. The molecule has 0 bridgehead atoms. The molecule has 2 radical (unpaired) electrons. The van der Waals surface area contributed by atoms with E-state index < -0.39 is 0 Å². The molecule has 0 saturated carbocycles. The van der Waals surface area contributed by atoms with Gasteiger partial charge in [0.2, 0.25) is 5.95 Å². The quantitative estimate of drug-likeness (QED) is 0.309. The lowest BCUT2D eigenvalue weighted by Crippen LogP contribution is -2.35. The third-order valence-electron chi connectivity index (χ3n) is 4.23. The molecule has 1 aromatic carbocycles. The Kier molecular flexibility index (Phi) is 5.02. The Hall–Kier alpha value is -2.91. The number of imidazole rings is 1. The van der Waals surface area contributed by atoms with Crippen LogP contribution in [0.3, 0.4) is 0 Å². The lowest BCUT2D eigenvalue weighted by atomic mass is 9.90. The molecule has 1 atom stereocenters. The van der Waals surface area contributed by atoms with E-state index in [1.165, 1.54) is 5.01 Å². The Morgan fingerprint density at radius 3 is 2.96 bits per heavy atom. The van der Waals surface area contributed by atoms with Gasteiger partial charge in [-0.2, -0.15) is 0 Å². The molecule has 140 valence electrons. The molecule has 7 nitrogen and oxygen atoms in total. The summed E-state index contributed by atoms with van der Waals surface area (Å²) < 4.78 is 7.40. The second-order valence-corrected chi connectivity index (χ2v) is 7.34. The largest absolute Gasteiger partial charge is 0.497 e. The third kappa shape index (κ3) is 3.46. The molecule has 1 unspecified atom stereocenters. The zero-order valence-electron chi connectivity index (χ0n) is 15.6. The minimum Gasteiger partial charge on any atom is -0.497 e. The summed E-state index contributed by atoms with van der Waals surface area (Å²) in [5, 5.41) is 3.46. The maximum Gasteiger partial charge on any atom is 0.240 e. The van der Waals surface area contributed by atoms with Crippen molar-refractivity contribution in [3.63, 3.8) is 0 Å². The number of rotatable bonds is 6. The first-order valence-corrected chi connectivity index (χ1v) is 9.66. The highest BCUT2D eigenvalue weighted by atomic mass is 32.1. The van der Waals surface area contributed by atoms with E-state index in [4.69, 9.17) is 23.4 Å². The molecule has 0 spiro atoms. The average Bonchev–Trinajstić information content (AvgIpc) is 3.28. The predicted octanol–water partition coefficient (Wildman–Crippen LogP) is 3.19. The van der Waals surface area contributed by atoms with E-state index in [0.717, 1.165) is 33.4 Å². The van der Waals surface area contributed by atoms with Crippen LogP contribution in [0.25, 0.3) is 27.6 Å². The normalized spacial score (nSPS) is 12.2. The van der Waals surface area contributed by atoms with Gasteiger partial charge in [-0.25, -0.2) is 20.8 Å². The second-order valence-electron chi connectivity index (χ2n) is 6.47. The summed E-state index contributed by atoms with van der Waals surface area (Å²) in [6.07, 6.45) is 3.68. The summed E-state index contributed by atoms with van der Waals surface area (Å²) in [4.78, 5) is 14.7. The van der Waals surface area contributed by atoms with Crippen LogP contribution in [-0.4, -0.2) is 40.9 Å². The minimum absolute atomic E-state index is 0.0943. The Labute approximate surface area is 168 Å². The number of hydrogen-bond donors (Lipinski definition) is 1. The molecule has 0 amide bonds. The van der Waals surface area contributed by atoms with Crippen LogP contribution in [0.1, 0.15) is 6.92 Å². The third-order valence-corrected chi connectivity index (χ3v) is 4.99. The van der Waals surface area contributed by atoms with Gasteiger partial charge in [0.15, 0.2) is 4.96 Å². The van der Waals surface area contributed by atoms with Crippen molar-refractivity contribution in [3.8, 4) is 28.4 Å². The van der Waals surface area contributed by atoms with Crippen LogP contribution in [-0.2, 0) is 0 Å². The first-order chi connectivity index (χ1) is 13.6. The van der Waals surface area contributed by atoms with Crippen molar-refractivity contribution in [2.24, 2.45) is 5.84 Å². The number of fused-ring (bicyclic) bond motifs is 1. The molecule has 28 heavy (non-hydrogen) atoms. The summed E-state index contributed by atoms with van der Waals surface area (Å²) in [7, 11) is 7.50. The Balaban J connectivity index is 1.85. The average molecular weight is 390 g/mol. The summed E-state index contributed by atoms with van der Waals surface area (Å²) in [5.74, 6) is 7.18. The molecule has 0 aliphatic heterocycles. The van der Waals surface area contributed by atoms with Gasteiger partial charge in [-0.1, -0.05) is 24.9 Å². The van der Waals surface area contributed by atoms with Gasteiger partial charge in [0.05, 0.1) is 26.3 Å². The molecule has 4 rings (SSSR count). The Morgan fingerprint density at radius 1 is 1.32 bits per heavy atom. The van der Waals surface area contributed by atoms with Gasteiger partial charge in [-0.3, -0.25) is 9.41 Å². The maximum atomic E-state index is 6.09. The molecule has 3 heterocycles. The first-order valence-electron chi connectivity index (χ1n) is 8.78. The Bertz CT molecular complexity index is 1110. The van der Waals surface area contributed by atoms with Gasteiger partial charge in [-0.15, -0.1) is 11.3 Å². The fourth-order valence-corrected chi connectivity index (χ4v) is 3.73. The number of thiazole rings is 1. The van der Waals surface area contributed by atoms with Crippen LogP contribution < -0.4 is 15.6 Å². The fraction of sp³-hybridized carbons (Fsp3) is 0.211. The van der Waals surface area contributed by atoms with E-state index in [1.807, 2.05) is 53.2 Å². The van der Waals surface area contributed by atoms with E-state index in [0.29, 0.717) is 12.5 Å². The molecule has 2 N–H and O–H groups in total. The number of methoxy groups -OCH3 is 1. The standard InChI is InChI=1S/C19H19BN6OS/c1-12(20)11-26(21)18-22-7-6-15(23-18)17-16(24-19-25(17)8-9-28-19)13-4-3-5-14(10-13)27-2/h3-10,12H,11,21H2,1-2H3. The van der Waals surface area contributed by atoms with E-state index in [1.54, 1.807) is 24.6 Å². The highest BCUT2D eigenvalue weighted by Crippen LogP contribution is 2.34. The van der Waals surface area contributed by atoms with Crippen molar-refractivity contribution in [1.29, 1.82) is 0 Å². The second kappa shape index (κ2) is 7.61. The highest BCUT2D eigenvalue weighted by molar-refractivity contribution is 7.15. The van der Waals surface area contributed by atoms with Crippen molar-refractivity contribution in [3.05, 3.63) is 48.1 Å². The van der Waals surface area contributed by atoms with Crippen molar-refractivity contribution < 1.29 is 4.74 Å². The smallest absolute Gasteiger partial charge is 0.240 e. The van der Waals surface area contributed by atoms with Crippen LogP contribution >= 0.6 is 11.3 Å². The zero-order valence-corrected chi connectivity index (χ0v) is 16.4. The summed E-state index contributed by atoms with van der Waals surface area (Å²) >= 11 is 1.57. The van der Waals surface area contributed by atoms with Gasteiger partial charge < -0.3 is 4.74 Å². The number of nitrogens with zero attached hydrogens (tertiary/aromatic N) is 5. The van der Waals surface area contributed by atoms with Crippen LogP contribution in [0, 0.1) is 0 Å². The maximum absolute atomic E-state index is 6.09. The lowest BCUT2D eigenvalue weighted by Gasteiger charge is -2.19. The number of benzene rings is 1. The Morgan fingerprint density at radius 2 is 2.18 bits per heavy atom. The van der Waals surface area contributed by atoms with E-state index in [9.17, 15) is 0 Å². The van der Waals surface area contributed by atoms with Crippen molar-refractivity contribution in [2.45, 2.75) is 12.7 Å². The highest BCUT2D eigenvalue weighted by Gasteiger charge is 2.19. The summed E-state index contributed by atoms with van der Waals surface area (Å²) in [5.41, 5.74) is 3.38. The molecule has 3 aromatic heterocycles. The van der Waals surface area contributed by atoms with E-state index in [-0.39, 0.29) is 5.82 Å². The SMILES string of the molecule is [B]C(C)CN(N)c1nccc(-c2c(-c3cccc(OC)c3)nc3sccn23)n1. The van der Waals surface area contributed by atoms with Gasteiger partial charge >= 0.3 is 0 Å². The number of anilines is 1. The van der Waals surface area contributed by atoms with Gasteiger partial charge in [0, 0.05) is 29.9 Å². The van der Waals surface area contributed by atoms with Gasteiger partial charge in [0.25, 0.3) is 0 Å². The summed E-state index contributed by atoms with van der Waals surface area (Å²) in [6.45, 7) is 2.34. The fourth-order valence-electron chi connectivity index (χ4n) is 3.01. The number of ether oxygens (including phenoxy) is 1. The van der Waals surface area contributed by atoms with E-state index >= 15 is 0 Å². The molecule has 9 heteroatoms. The first kappa shape index (κ1) is 18.5. The topological polar surface area (TPSA) is 81.6 Å². The number of hydrogen-bond acceptors (Lipinski definition) is 7. The van der Waals surface area contributed by atoms with Crippen molar-refractivity contribution in [1.82, 2.24) is 19.4 Å². The molecule has 0 fully saturated rings. The lowest BCUT2D eigenvalue weighted by molar-refractivity contribution is 0.415. The van der Waals surface area contributed by atoms with Crippen molar-refractivity contribution in [2.75, 3.05) is 18.7 Å². The zero-order chi connectivity index (χ0) is 19.7. The number of aromatic nitrogens is 4. The van der Waals surface area contributed by atoms with Crippen LogP contribution in [0.4, 0.5) is 5.95 Å². The monoisotopic (exact) mass is 390 g/mol. The summed E-state index contributed by atoms with van der Waals surface area (Å²) in [6, 6.07) is 9.68. The molecular formula is C19H19BN6OS. The van der Waals surface area contributed by atoms with Gasteiger partial charge in [-0.05, 0) is 18.2 Å². The van der Waals surface area contributed by atoms with E-state index in [2.05, 4.69) is 9.97 Å². The predicted molar refractivity (Wildman–Crippen MR) is 113 cm³/mol. The number of nitrogens with two attached hydrogens (primary N) is 1. The molecule has 0 saturated heterocycles. The molecular weight excluding hydrogens is 371 g/mol. The number of hydrazine groups is 1.